The van der Waals surface area contributed by atoms with Crippen molar-refractivity contribution in [3.8, 4) is 29.5 Å². The molecule has 3 aromatic carbocycles. The van der Waals surface area contributed by atoms with Crippen LogP contribution in [-0.2, 0) is 0 Å². The van der Waals surface area contributed by atoms with Crippen LogP contribution in [0.15, 0.2) is 42.2 Å². The van der Waals surface area contributed by atoms with E-state index in [-0.39, 0.29) is 76.5 Å². The van der Waals surface area contributed by atoms with Crippen LogP contribution in [-0.4, -0.2) is 71.4 Å². The van der Waals surface area contributed by atoms with Gasteiger partial charge in [0.05, 0.1) is 22.7 Å². The van der Waals surface area contributed by atoms with E-state index < -0.39 is 40.8 Å². The van der Waals surface area contributed by atoms with Crippen molar-refractivity contribution in [1.29, 1.82) is 0 Å². The highest BCUT2D eigenvalue weighted by Gasteiger charge is 2.49. The van der Waals surface area contributed by atoms with Crippen molar-refractivity contribution in [2.75, 3.05) is 43.4 Å². The number of halogens is 5. The fourth-order valence-corrected chi connectivity index (χ4v) is 7.81. The molecule has 12 heteroatoms. The van der Waals surface area contributed by atoms with E-state index in [1.165, 1.54) is 24.3 Å². The molecule has 4 atom stereocenters. The summed E-state index contributed by atoms with van der Waals surface area (Å²) in [7, 11) is 0. The van der Waals surface area contributed by atoms with E-state index in [0.29, 0.717) is 18.4 Å². The minimum atomic E-state index is -1.05. The number of anilines is 2. The first kappa shape index (κ1) is 29.0. The van der Waals surface area contributed by atoms with E-state index in [1.807, 2.05) is 0 Å². The van der Waals surface area contributed by atoms with Gasteiger partial charge in [0.2, 0.25) is 0 Å². The Hall–Kier alpha value is -4.47. The minimum absolute atomic E-state index is 0.0334. The summed E-state index contributed by atoms with van der Waals surface area (Å²) < 4.78 is 83.0. The molecule has 4 unspecified atom stereocenters. The number of nitrogens with two attached hydrogens (primary N) is 1. The first-order chi connectivity index (χ1) is 22.1. The summed E-state index contributed by atoms with van der Waals surface area (Å²) in [6.45, 7) is 1.59. The lowest BCUT2D eigenvalue weighted by Crippen LogP contribution is -2.52. The van der Waals surface area contributed by atoms with Gasteiger partial charge in [0.1, 0.15) is 41.6 Å². The second kappa shape index (κ2) is 10.5. The standard InChI is InChI=1S/C34H29F5N6O/c1-2-21-24(36)5-4-17-8-19(40)9-22(28(17)21)29-26(38)11-23-31(30(29)39)42-33(46-16-34-6-3-7-45(34)13-18(35)12-34)43-32(23)44-14-20-10-25(37)27(15-44)41-20/h1,4-5,8-11,18,20,27,41H,3,6-7,12-16,40H2. The summed E-state index contributed by atoms with van der Waals surface area (Å²) in [4.78, 5) is 12.8. The van der Waals surface area contributed by atoms with Crippen molar-refractivity contribution in [1.82, 2.24) is 20.2 Å². The molecule has 3 saturated heterocycles. The molecule has 4 aromatic rings. The summed E-state index contributed by atoms with van der Waals surface area (Å²) in [5, 5.41) is 3.74. The van der Waals surface area contributed by atoms with E-state index in [1.54, 1.807) is 11.0 Å². The third-order valence-electron chi connectivity index (χ3n) is 9.80. The van der Waals surface area contributed by atoms with E-state index in [0.717, 1.165) is 25.5 Å². The van der Waals surface area contributed by atoms with Crippen molar-refractivity contribution in [2.45, 2.75) is 43.1 Å². The number of hydrogen-bond donors (Lipinski definition) is 2. The molecule has 2 bridgehead atoms. The van der Waals surface area contributed by atoms with Crippen molar-refractivity contribution < 1.29 is 26.7 Å². The first-order valence-electron chi connectivity index (χ1n) is 15.2. The van der Waals surface area contributed by atoms with Gasteiger partial charge in [-0.05, 0) is 60.7 Å². The number of hydrogen-bond acceptors (Lipinski definition) is 7. The maximum absolute atomic E-state index is 16.8. The third-order valence-corrected chi connectivity index (χ3v) is 9.80. The van der Waals surface area contributed by atoms with Crippen LogP contribution in [0.5, 0.6) is 6.01 Å². The fourth-order valence-electron chi connectivity index (χ4n) is 7.81. The van der Waals surface area contributed by atoms with E-state index >= 15 is 8.78 Å². The topological polar surface area (TPSA) is 79.5 Å². The molecule has 236 valence electrons. The highest BCUT2D eigenvalue weighted by Crippen LogP contribution is 2.43. The molecule has 0 saturated carbocycles. The number of benzene rings is 3. The summed E-state index contributed by atoms with van der Waals surface area (Å²) in [5.74, 6) is -0.571. The highest BCUT2D eigenvalue weighted by atomic mass is 19.1. The molecule has 0 amide bonds. The van der Waals surface area contributed by atoms with Crippen molar-refractivity contribution in [2.24, 2.45) is 0 Å². The molecule has 3 fully saturated rings. The van der Waals surface area contributed by atoms with Crippen LogP contribution in [0.2, 0.25) is 0 Å². The molecule has 4 aliphatic heterocycles. The van der Waals surface area contributed by atoms with E-state index in [9.17, 15) is 13.2 Å². The largest absolute Gasteiger partial charge is 0.461 e. The van der Waals surface area contributed by atoms with Crippen LogP contribution in [0.1, 0.15) is 24.8 Å². The number of ether oxygens (including phenoxy) is 1. The summed E-state index contributed by atoms with van der Waals surface area (Å²) in [6.07, 6.45) is 8.09. The van der Waals surface area contributed by atoms with Crippen LogP contribution in [0, 0.1) is 29.8 Å². The second-order valence-electron chi connectivity index (χ2n) is 12.7. The van der Waals surface area contributed by atoms with Gasteiger partial charge >= 0.3 is 6.01 Å². The number of terminal acetylenes is 1. The van der Waals surface area contributed by atoms with Crippen LogP contribution < -0.4 is 20.7 Å². The van der Waals surface area contributed by atoms with Gasteiger partial charge in [0.15, 0.2) is 5.82 Å². The normalized spacial score (nSPS) is 25.7. The molecular formula is C34H29F5N6O. The van der Waals surface area contributed by atoms with Crippen LogP contribution in [0.3, 0.4) is 0 Å². The smallest absolute Gasteiger partial charge is 0.319 e. The Morgan fingerprint density at radius 1 is 1.09 bits per heavy atom. The summed E-state index contributed by atoms with van der Waals surface area (Å²) in [6, 6.07) is 5.52. The fraction of sp³-hybridized carbons (Fsp3) is 0.353. The number of fused-ring (bicyclic) bond motifs is 5. The van der Waals surface area contributed by atoms with E-state index in [4.69, 9.17) is 16.9 Å². The Bertz CT molecular complexity index is 2010. The van der Waals surface area contributed by atoms with E-state index in [2.05, 4.69) is 26.1 Å². The van der Waals surface area contributed by atoms with Gasteiger partial charge in [-0.2, -0.15) is 9.97 Å². The number of nitrogen functional groups attached to an aromatic ring is 1. The third kappa shape index (κ3) is 4.47. The number of piperazine rings is 1. The Morgan fingerprint density at radius 3 is 2.74 bits per heavy atom. The van der Waals surface area contributed by atoms with Crippen molar-refractivity contribution in [3.63, 3.8) is 0 Å². The zero-order valence-electron chi connectivity index (χ0n) is 24.6. The zero-order chi connectivity index (χ0) is 31.9. The van der Waals surface area contributed by atoms with Gasteiger partial charge in [-0.3, -0.25) is 10.2 Å². The predicted octanol–water partition coefficient (Wildman–Crippen LogP) is 5.40. The quantitative estimate of drug-likeness (QED) is 0.173. The summed E-state index contributed by atoms with van der Waals surface area (Å²) in [5.41, 5.74) is 4.86. The maximum atomic E-state index is 16.8. The Labute approximate surface area is 261 Å². The minimum Gasteiger partial charge on any atom is -0.461 e. The van der Waals surface area contributed by atoms with Gasteiger partial charge in [-0.15, -0.1) is 6.42 Å². The number of nitrogens with one attached hydrogen (secondary N) is 1. The molecule has 46 heavy (non-hydrogen) atoms. The van der Waals surface area contributed by atoms with Gasteiger partial charge in [-0.25, -0.2) is 22.0 Å². The first-order valence-corrected chi connectivity index (χ1v) is 15.2. The molecule has 5 heterocycles. The zero-order valence-corrected chi connectivity index (χ0v) is 24.6. The average Bonchev–Trinajstić information content (AvgIpc) is 3.63. The maximum Gasteiger partial charge on any atom is 0.319 e. The molecule has 0 aliphatic carbocycles. The Balaban J connectivity index is 1.30. The highest BCUT2D eigenvalue weighted by molar-refractivity contribution is 6.05. The molecule has 3 N–H and O–H groups in total. The molecule has 1 aromatic heterocycles. The molecule has 8 rings (SSSR count). The molecule has 0 spiro atoms. The monoisotopic (exact) mass is 632 g/mol. The SMILES string of the molecule is C#Cc1c(F)ccc2cc(N)cc(-c3c(F)cc4c(N5CC6C=C(F)C(C5)N6)nc(OCC56CCCN5CC(F)C6)nc4c3F)c12. The molecule has 7 nitrogen and oxygen atoms in total. The Morgan fingerprint density at radius 2 is 1.93 bits per heavy atom. The number of rotatable bonds is 5. The van der Waals surface area contributed by atoms with Crippen molar-refractivity contribution >= 4 is 33.2 Å². The number of aromatic nitrogens is 2. The van der Waals surface area contributed by atoms with Gasteiger partial charge < -0.3 is 15.4 Å². The molecule has 0 radical (unpaired) electrons. The average molecular weight is 633 g/mol. The van der Waals surface area contributed by atoms with Crippen LogP contribution in [0.4, 0.5) is 33.5 Å². The second-order valence-corrected chi connectivity index (χ2v) is 12.7. The molecular weight excluding hydrogens is 603 g/mol. The Kier molecular flexibility index (Phi) is 6.63. The lowest BCUT2D eigenvalue weighted by molar-refractivity contribution is 0.107. The van der Waals surface area contributed by atoms with Crippen LogP contribution in [0.25, 0.3) is 32.8 Å². The van der Waals surface area contributed by atoms with Crippen LogP contribution >= 0.6 is 0 Å². The summed E-state index contributed by atoms with van der Waals surface area (Å²) >= 11 is 0. The van der Waals surface area contributed by atoms with Crippen molar-refractivity contribution in [3.05, 3.63) is 65.2 Å². The van der Waals surface area contributed by atoms with Gasteiger partial charge in [0.25, 0.3) is 0 Å². The number of alkyl halides is 1. The number of nitrogens with zero attached hydrogens (tertiary/aromatic N) is 4. The molecule has 4 aliphatic rings. The predicted molar refractivity (Wildman–Crippen MR) is 165 cm³/mol. The lowest BCUT2D eigenvalue weighted by atomic mass is 9.92. The van der Waals surface area contributed by atoms with Gasteiger partial charge in [0, 0.05) is 48.6 Å². The van der Waals surface area contributed by atoms with Gasteiger partial charge in [-0.1, -0.05) is 12.0 Å². The lowest BCUT2D eigenvalue weighted by Gasteiger charge is -2.34.